The molecule has 0 radical (unpaired) electrons. The molecule has 0 N–H and O–H groups in total. The molecule has 0 fully saturated rings. The summed E-state index contributed by atoms with van der Waals surface area (Å²) in [6.07, 6.45) is 3.02. The smallest absolute Gasteiger partial charge is 0.171 e. The van der Waals surface area contributed by atoms with Crippen molar-refractivity contribution in [3.63, 3.8) is 0 Å². The number of Topliss-reactive ketones (excluding diaryl/α,β-unsaturated/α-hetero) is 1. The van der Waals surface area contributed by atoms with Gasteiger partial charge in [-0.15, -0.1) is 11.3 Å². The molecule has 2 rings (SSSR count). The first-order valence-electron chi connectivity index (χ1n) is 4.36. The number of nitrogens with zero attached hydrogens (tertiary/aromatic N) is 2. The third-order valence-electron chi connectivity index (χ3n) is 1.86. The molecule has 2 heterocycles. The van der Waals surface area contributed by atoms with Crippen LogP contribution in [0.25, 0.3) is 10.7 Å². The van der Waals surface area contributed by atoms with E-state index < -0.39 is 0 Å². The van der Waals surface area contributed by atoms with Crippen molar-refractivity contribution >= 4 is 40.3 Å². The Balaban J connectivity index is 2.46. The highest BCUT2D eigenvalue weighted by atomic mass is 35.5. The number of hydrogen-bond acceptors (Lipinski definition) is 4. The summed E-state index contributed by atoms with van der Waals surface area (Å²) in [5.41, 5.74) is 0.545. The molecule has 0 saturated heterocycles. The van der Waals surface area contributed by atoms with Crippen LogP contribution in [0.1, 0.15) is 16.6 Å². The molecule has 0 unspecified atom stereocenters. The number of aromatic nitrogens is 2. The van der Waals surface area contributed by atoms with Gasteiger partial charge in [0.25, 0.3) is 0 Å². The van der Waals surface area contributed by atoms with E-state index in [1.807, 2.05) is 0 Å². The van der Waals surface area contributed by atoms with Gasteiger partial charge < -0.3 is 0 Å². The Hall–Kier alpha value is -0.970. The molecule has 0 amide bonds. The zero-order valence-corrected chi connectivity index (χ0v) is 10.5. The van der Waals surface area contributed by atoms with Gasteiger partial charge in [-0.2, -0.15) is 0 Å². The van der Waals surface area contributed by atoms with Gasteiger partial charge in [-0.1, -0.05) is 23.2 Å². The van der Waals surface area contributed by atoms with Gasteiger partial charge in [0.15, 0.2) is 5.78 Å². The van der Waals surface area contributed by atoms with Gasteiger partial charge >= 0.3 is 0 Å². The lowest BCUT2D eigenvalue weighted by Crippen LogP contribution is -1.84. The number of ketones is 1. The SMILES string of the molecule is CC(=O)c1cnc(-c2ncc(Cl)cc2Cl)s1. The van der Waals surface area contributed by atoms with E-state index in [1.165, 1.54) is 30.7 Å². The van der Waals surface area contributed by atoms with Crippen molar-refractivity contribution in [3.05, 3.63) is 33.4 Å². The zero-order chi connectivity index (χ0) is 11.7. The quantitative estimate of drug-likeness (QED) is 0.783. The van der Waals surface area contributed by atoms with Crippen LogP contribution in [0.3, 0.4) is 0 Å². The first-order valence-corrected chi connectivity index (χ1v) is 5.93. The van der Waals surface area contributed by atoms with Crippen molar-refractivity contribution in [1.29, 1.82) is 0 Å². The van der Waals surface area contributed by atoms with E-state index >= 15 is 0 Å². The molecule has 2 aromatic rings. The predicted molar refractivity (Wildman–Crippen MR) is 65.4 cm³/mol. The summed E-state index contributed by atoms with van der Waals surface area (Å²) < 4.78 is 0. The average molecular weight is 273 g/mol. The minimum Gasteiger partial charge on any atom is -0.294 e. The van der Waals surface area contributed by atoms with E-state index in [0.29, 0.717) is 25.6 Å². The van der Waals surface area contributed by atoms with E-state index in [1.54, 1.807) is 6.07 Å². The molecule has 0 aliphatic carbocycles. The molecule has 0 saturated carbocycles. The van der Waals surface area contributed by atoms with Crippen LogP contribution in [0, 0.1) is 0 Å². The average Bonchev–Trinajstić information content (AvgIpc) is 2.66. The maximum atomic E-state index is 11.1. The lowest BCUT2D eigenvalue weighted by Gasteiger charge is -1.98. The van der Waals surface area contributed by atoms with E-state index in [4.69, 9.17) is 23.2 Å². The van der Waals surface area contributed by atoms with Crippen LogP contribution < -0.4 is 0 Å². The number of pyridine rings is 1. The lowest BCUT2D eigenvalue weighted by atomic mass is 10.3. The third-order valence-corrected chi connectivity index (χ3v) is 3.46. The molecule has 16 heavy (non-hydrogen) atoms. The molecule has 0 spiro atoms. The summed E-state index contributed by atoms with van der Waals surface area (Å²) in [7, 11) is 0. The Morgan fingerprint density at radius 3 is 2.62 bits per heavy atom. The van der Waals surface area contributed by atoms with Gasteiger partial charge in [-0.25, -0.2) is 4.98 Å². The van der Waals surface area contributed by atoms with Crippen molar-refractivity contribution in [3.8, 4) is 10.7 Å². The highest BCUT2D eigenvalue weighted by Crippen LogP contribution is 2.30. The molecule has 2 aromatic heterocycles. The van der Waals surface area contributed by atoms with Crippen LogP contribution >= 0.6 is 34.5 Å². The molecule has 6 heteroatoms. The third kappa shape index (κ3) is 2.24. The second-order valence-electron chi connectivity index (χ2n) is 3.07. The van der Waals surface area contributed by atoms with Crippen molar-refractivity contribution in [2.45, 2.75) is 6.92 Å². The van der Waals surface area contributed by atoms with Crippen LogP contribution in [0.15, 0.2) is 18.5 Å². The number of rotatable bonds is 2. The molecule has 0 aliphatic heterocycles. The van der Waals surface area contributed by atoms with Gasteiger partial charge in [0.2, 0.25) is 0 Å². The van der Waals surface area contributed by atoms with Crippen molar-refractivity contribution < 1.29 is 4.79 Å². The summed E-state index contributed by atoms with van der Waals surface area (Å²) in [6.45, 7) is 1.49. The Morgan fingerprint density at radius 1 is 1.31 bits per heavy atom. The maximum absolute atomic E-state index is 11.1. The Kier molecular flexibility index (Phi) is 3.23. The summed E-state index contributed by atoms with van der Waals surface area (Å²) in [5, 5.41) is 1.51. The van der Waals surface area contributed by atoms with Gasteiger partial charge in [0, 0.05) is 19.3 Å². The standard InChI is InChI=1S/C10H6Cl2N2OS/c1-5(15)8-4-14-10(16-8)9-7(12)2-6(11)3-13-9/h2-4H,1H3. The first-order chi connectivity index (χ1) is 7.58. The van der Waals surface area contributed by atoms with Crippen LogP contribution in [-0.2, 0) is 0 Å². The maximum Gasteiger partial charge on any atom is 0.171 e. The van der Waals surface area contributed by atoms with E-state index in [2.05, 4.69) is 9.97 Å². The molecular formula is C10H6Cl2N2OS. The molecule has 3 nitrogen and oxygen atoms in total. The lowest BCUT2D eigenvalue weighted by molar-refractivity contribution is 0.102. The van der Waals surface area contributed by atoms with Crippen LogP contribution in [0.5, 0.6) is 0 Å². The minimum atomic E-state index is -0.0196. The fourth-order valence-electron chi connectivity index (χ4n) is 1.12. The normalized spacial score (nSPS) is 10.4. The second-order valence-corrected chi connectivity index (χ2v) is 4.94. The van der Waals surface area contributed by atoms with Crippen LogP contribution in [0.2, 0.25) is 10.0 Å². The van der Waals surface area contributed by atoms with Crippen molar-refractivity contribution in [2.24, 2.45) is 0 Å². The molecular weight excluding hydrogens is 267 g/mol. The summed E-state index contributed by atoms with van der Waals surface area (Å²) in [6, 6.07) is 1.60. The topological polar surface area (TPSA) is 42.9 Å². The van der Waals surface area contributed by atoms with Crippen molar-refractivity contribution in [2.75, 3.05) is 0 Å². The first kappa shape index (κ1) is 11.5. The molecule has 82 valence electrons. The molecule has 0 aromatic carbocycles. The number of thiazole rings is 1. The Morgan fingerprint density at radius 2 is 2.06 bits per heavy atom. The fourth-order valence-corrected chi connectivity index (χ4v) is 2.47. The molecule has 0 aliphatic rings. The van der Waals surface area contributed by atoms with Gasteiger partial charge in [0.05, 0.1) is 14.9 Å². The van der Waals surface area contributed by atoms with E-state index in [0.717, 1.165) is 0 Å². The van der Waals surface area contributed by atoms with Gasteiger partial charge in [-0.3, -0.25) is 9.78 Å². The van der Waals surface area contributed by atoms with Gasteiger partial charge in [0.1, 0.15) is 10.7 Å². The fraction of sp³-hybridized carbons (Fsp3) is 0.100. The summed E-state index contributed by atoms with van der Waals surface area (Å²) >= 11 is 13.0. The van der Waals surface area contributed by atoms with Crippen LogP contribution in [0.4, 0.5) is 0 Å². The highest BCUT2D eigenvalue weighted by Gasteiger charge is 2.12. The minimum absolute atomic E-state index is 0.0196. The van der Waals surface area contributed by atoms with Crippen LogP contribution in [-0.4, -0.2) is 15.8 Å². The number of halogens is 2. The molecule has 0 bridgehead atoms. The number of carbonyl (C=O) groups excluding carboxylic acids is 1. The Bertz CT molecular complexity index is 554. The van der Waals surface area contributed by atoms with E-state index in [9.17, 15) is 4.79 Å². The largest absolute Gasteiger partial charge is 0.294 e. The highest BCUT2D eigenvalue weighted by molar-refractivity contribution is 7.16. The predicted octanol–water partition coefficient (Wildman–Crippen LogP) is 3.71. The molecule has 0 atom stereocenters. The second kappa shape index (κ2) is 4.49. The Labute approximate surface area is 106 Å². The summed E-state index contributed by atoms with van der Waals surface area (Å²) in [4.78, 5) is 19.9. The summed E-state index contributed by atoms with van der Waals surface area (Å²) in [5.74, 6) is -0.0196. The number of carbonyl (C=O) groups is 1. The number of hydrogen-bond donors (Lipinski definition) is 0. The monoisotopic (exact) mass is 272 g/mol. The zero-order valence-electron chi connectivity index (χ0n) is 8.20. The van der Waals surface area contributed by atoms with Gasteiger partial charge in [-0.05, 0) is 6.07 Å². The van der Waals surface area contributed by atoms with Crippen molar-refractivity contribution in [1.82, 2.24) is 9.97 Å². The van der Waals surface area contributed by atoms with E-state index in [-0.39, 0.29) is 5.78 Å².